The van der Waals surface area contributed by atoms with Crippen LogP contribution in [0.4, 0.5) is 0 Å². The minimum absolute atomic E-state index is 0.600. The molecule has 18 heavy (non-hydrogen) atoms. The van der Waals surface area contributed by atoms with Gasteiger partial charge in [0.1, 0.15) is 18.1 Å². The van der Waals surface area contributed by atoms with Crippen LogP contribution < -0.4 is 0 Å². The molecule has 0 amide bonds. The molecule has 3 rings (SSSR count). The lowest BCUT2D eigenvalue weighted by molar-refractivity contribution is 0.313. The fraction of sp³-hybridized carbons (Fsp3) is 0.143. The number of aryl methyl sites for hydroxylation is 1. The van der Waals surface area contributed by atoms with E-state index in [4.69, 9.17) is 4.74 Å². The maximum atomic E-state index is 5.62. The normalized spacial score (nSPS) is 14.2. The van der Waals surface area contributed by atoms with Crippen molar-refractivity contribution in [1.29, 1.82) is 0 Å². The summed E-state index contributed by atoms with van der Waals surface area (Å²) in [6.45, 7) is 2.57. The monoisotopic (exact) mass is 239 g/mol. The first-order chi connectivity index (χ1) is 8.86. The molecule has 0 spiro atoms. The van der Waals surface area contributed by atoms with Gasteiger partial charge in [0.05, 0.1) is 17.6 Å². The average molecular weight is 239 g/mol. The lowest BCUT2D eigenvalue weighted by Gasteiger charge is -2.14. The van der Waals surface area contributed by atoms with Gasteiger partial charge >= 0.3 is 0 Å². The Balaban J connectivity index is 2.10. The average Bonchev–Trinajstić information content (AvgIpc) is 2.89. The van der Waals surface area contributed by atoms with Crippen LogP contribution in [0.1, 0.15) is 11.4 Å². The molecule has 0 bridgehead atoms. The van der Waals surface area contributed by atoms with Crippen LogP contribution in [0.2, 0.25) is 0 Å². The highest BCUT2D eigenvalue weighted by molar-refractivity contribution is 5.61. The fourth-order valence-corrected chi connectivity index (χ4v) is 1.94. The van der Waals surface area contributed by atoms with E-state index in [0.29, 0.717) is 6.61 Å². The molecule has 0 saturated carbocycles. The molecule has 0 radical (unpaired) electrons. The summed E-state index contributed by atoms with van der Waals surface area (Å²) >= 11 is 0. The highest BCUT2D eigenvalue weighted by Crippen LogP contribution is 2.22. The molecule has 90 valence electrons. The van der Waals surface area contributed by atoms with Crippen LogP contribution >= 0.6 is 0 Å². The van der Waals surface area contributed by atoms with Gasteiger partial charge in [-0.05, 0) is 37.3 Å². The summed E-state index contributed by atoms with van der Waals surface area (Å²) < 4.78 is 7.47. The molecule has 0 fully saturated rings. The van der Waals surface area contributed by atoms with Gasteiger partial charge < -0.3 is 4.74 Å². The van der Waals surface area contributed by atoms with Crippen molar-refractivity contribution in [3.8, 4) is 5.69 Å². The maximum absolute atomic E-state index is 5.62. The zero-order valence-electron chi connectivity index (χ0n) is 10.1. The van der Waals surface area contributed by atoms with Crippen LogP contribution in [0.25, 0.3) is 11.4 Å². The van der Waals surface area contributed by atoms with Gasteiger partial charge in [-0.15, -0.1) is 0 Å². The van der Waals surface area contributed by atoms with E-state index in [1.54, 1.807) is 12.4 Å². The Kier molecular flexibility index (Phi) is 2.68. The summed E-state index contributed by atoms with van der Waals surface area (Å²) in [6.07, 6.45) is 9.46. The van der Waals surface area contributed by atoms with E-state index in [9.17, 15) is 0 Å². The number of rotatable bonds is 2. The molecule has 4 nitrogen and oxygen atoms in total. The third-order valence-electron chi connectivity index (χ3n) is 2.82. The Morgan fingerprint density at radius 3 is 3.00 bits per heavy atom. The van der Waals surface area contributed by atoms with Crippen LogP contribution in [-0.4, -0.2) is 21.4 Å². The summed E-state index contributed by atoms with van der Waals surface area (Å²) in [5.41, 5.74) is 2.85. The first kappa shape index (κ1) is 10.8. The molecule has 1 aliphatic rings. The van der Waals surface area contributed by atoms with E-state index < -0.39 is 0 Å². The third kappa shape index (κ3) is 1.82. The highest BCUT2D eigenvalue weighted by atomic mass is 16.5. The second-order valence-electron chi connectivity index (χ2n) is 4.01. The van der Waals surface area contributed by atoms with Crippen molar-refractivity contribution < 1.29 is 4.74 Å². The molecule has 0 N–H and O–H groups in total. The molecule has 0 unspecified atom stereocenters. The minimum Gasteiger partial charge on any atom is -0.487 e. The first-order valence-electron chi connectivity index (χ1n) is 5.82. The Labute approximate surface area is 105 Å². The van der Waals surface area contributed by atoms with Crippen LogP contribution in [0.3, 0.4) is 0 Å². The van der Waals surface area contributed by atoms with Crippen molar-refractivity contribution in [2.75, 3.05) is 6.61 Å². The molecular formula is C14H13N3O. The molecule has 4 heteroatoms. The number of nitrogens with zero attached hydrogens (tertiary/aromatic N) is 3. The molecule has 3 heterocycles. The summed E-state index contributed by atoms with van der Waals surface area (Å²) in [6, 6.07) is 5.85. The molecular weight excluding hydrogens is 226 g/mol. The van der Waals surface area contributed by atoms with Gasteiger partial charge in [-0.1, -0.05) is 6.08 Å². The van der Waals surface area contributed by atoms with Gasteiger partial charge in [-0.25, -0.2) is 4.68 Å². The number of aromatic nitrogens is 3. The summed E-state index contributed by atoms with van der Waals surface area (Å²) in [5.74, 6) is 0.832. The van der Waals surface area contributed by atoms with Crippen molar-refractivity contribution in [2.24, 2.45) is 0 Å². The standard InChI is InChI=1S/C14H13N3O/c1-11-12(5-4-8-15-11)17-13(7-9-16-17)14-6-2-3-10-18-14/h2-9H,10H2,1H3. The predicted molar refractivity (Wildman–Crippen MR) is 69.2 cm³/mol. The lowest BCUT2D eigenvalue weighted by Crippen LogP contribution is -2.07. The summed E-state index contributed by atoms with van der Waals surface area (Å²) in [5, 5.41) is 4.35. The zero-order chi connectivity index (χ0) is 12.4. The fourth-order valence-electron chi connectivity index (χ4n) is 1.94. The second kappa shape index (κ2) is 4.49. The Morgan fingerprint density at radius 2 is 2.22 bits per heavy atom. The van der Waals surface area contributed by atoms with Crippen LogP contribution in [0.15, 0.2) is 48.8 Å². The number of pyridine rings is 1. The minimum atomic E-state index is 0.600. The SMILES string of the molecule is Cc1ncccc1-n1nccc1C1=CC=CCO1. The van der Waals surface area contributed by atoms with Gasteiger partial charge in [-0.3, -0.25) is 4.98 Å². The lowest BCUT2D eigenvalue weighted by atomic mass is 10.2. The van der Waals surface area contributed by atoms with E-state index in [-0.39, 0.29) is 0 Å². The predicted octanol–water partition coefficient (Wildman–Crippen LogP) is 2.50. The third-order valence-corrected chi connectivity index (χ3v) is 2.82. The molecule has 1 aliphatic heterocycles. The zero-order valence-corrected chi connectivity index (χ0v) is 10.1. The van der Waals surface area contributed by atoms with Gasteiger partial charge in [0.25, 0.3) is 0 Å². The Morgan fingerprint density at radius 1 is 1.28 bits per heavy atom. The van der Waals surface area contributed by atoms with Crippen LogP contribution in [0.5, 0.6) is 0 Å². The second-order valence-corrected chi connectivity index (χ2v) is 4.01. The number of allylic oxidation sites excluding steroid dienone is 2. The van der Waals surface area contributed by atoms with E-state index in [1.165, 1.54) is 0 Å². The van der Waals surface area contributed by atoms with Crippen molar-refractivity contribution in [3.05, 3.63) is 60.2 Å². The smallest absolute Gasteiger partial charge is 0.145 e. The van der Waals surface area contributed by atoms with Gasteiger partial charge in [0.15, 0.2) is 0 Å². The Bertz CT molecular complexity index is 625. The molecule has 0 atom stereocenters. The van der Waals surface area contributed by atoms with Crippen molar-refractivity contribution in [1.82, 2.24) is 14.8 Å². The topological polar surface area (TPSA) is 39.9 Å². The largest absolute Gasteiger partial charge is 0.487 e. The number of hydrogen-bond donors (Lipinski definition) is 0. The van der Waals surface area contributed by atoms with E-state index in [2.05, 4.69) is 10.1 Å². The Hall–Kier alpha value is -2.36. The molecule has 2 aromatic rings. The highest BCUT2D eigenvalue weighted by Gasteiger charge is 2.13. The van der Waals surface area contributed by atoms with Crippen molar-refractivity contribution in [3.63, 3.8) is 0 Å². The number of hydrogen-bond acceptors (Lipinski definition) is 3. The van der Waals surface area contributed by atoms with Crippen LogP contribution in [0, 0.1) is 6.92 Å². The molecule has 0 aliphatic carbocycles. The van der Waals surface area contributed by atoms with Gasteiger partial charge in [0.2, 0.25) is 0 Å². The maximum Gasteiger partial charge on any atom is 0.145 e. The van der Waals surface area contributed by atoms with E-state index in [0.717, 1.165) is 22.8 Å². The van der Waals surface area contributed by atoms with E-state index >= 15 is 0 Å². The number of ether oxygens (including phenoxy) is 1. The first-order valence-corrected chi connectivity index (χ1v) is 5.82. The molecule has 0 saturated heterocycles. The molecule has 0 aromatic carbocycles. The van der Waals surface area contributed by atoms with Crippen molar-refractivity contribution >= 4 is 5.76 Å². The van der Waals surface area contributed by atoms with Crippen molar-refractivity contribution in [2.45, 2.75) is 6.92 Å². The summed E-state index contributed by atoms with van der Waals surface area (Å²) in [7, 11) is 0. The van der Waals surface area contributed by atoms with Gasteiger partial charge in [-0.2, -0.15) is 5.10 Å². The van der Waals surface area contributed by atoms with Gasteiger partial charge in [0, 0.05) is 6.20 Å². The van der Waals surface area contributed by atoms with E-state index in [1.807, 2.05) is 48.0 Å². The quantitative estimate of drug-likeness (QED) is 0.808. The van der Waals surface area contributed by atoms with Crippen LogP contribution in [-0.2, 0) is 4.74 Å². The molecule has 2 aromatic heterocycles. The summed E-state index contributed by atoms with van der Waals surface area (Å²) in [4.78, 5) is 4.29.